The van der Waals surface area contributed by atoms with Crippen LogP contribution in [0.2, 0.25) is 0 Å². The van der Waals surface area contributed by atoms with E-state index in [0.717, 1.165) is 29.7 Å². The molecule has 0 radical (unpaired) electrons. The Balaban J connectivity index is 1.78. The Morgan fingerprint density at radius 1 is 1.20 bits per heavy atom. The van der Waals surface area contributed by atoms with Gasteiger partial charge in [0.25, 0.3) is 0 Å². The fraction of sp³-hybridized carbons (Fsp3) is 0.706. The SMILES string of the molecule is CC12CC3CC(C)(C1)CC(C(=O)c1occc1Br)(C3)C2. The molecule has 20 heavy (non-hydrogen) atoms. The Hall–Kier alpha value is -0.570. The van der Waals surface area contributed by atoms with E-state index in [-0.39, 0.29) is 11.2 Å². The molecule has 0 saturated heterocycles. The molecular formula is C17H21BrO2. The van der Waals surface area contributed by atoms with Crippen molar-refractivity contribution in [3.05, 3.63) is 22.6 Å². The molecule has 108 valence electrons. The fourth-order valence-electron chi connectivity index (χ4n) is 6.40. The zero-order chi connectivity index (χ0) is 14.2. The summed E-state index contributed by atoms with van der Waals surface area (Å²) in [4.78, 5) is 13.1. The lowest BCUT2D eigenvalue weighted by atomic mass is 9.39. The molecule has 4 fully saturated rings. The van der Waals surface area contributed by atoms with Crippen molar-refractivity contribution < 1.29 is 9.21 Å². The molecule has 2 nitrogen and oxygen atoms in total. The average Bonchev–Trinajstić information content (AvgIpc) is 2.69. The van der Waals surface area contributed by atoms with E-state index in [1.165, 1.54) is 19.3 Å². The van der Waals surface area contributed by atoms with Crippen LogP contribution in [0.1, 0.15) is 62.9 Å². The largest absolute Gasteiger partial charge is 0.460 e. The molecule has 0 spiro atoms. The Labute approximate surface area is 128 Å². The highest BCUT2D eigenvalue weighted by atomic mass is 79.9. The van der Waals surface area contributed by atoms with E-state index in [9.17, 15) is 4.79 Å². The highest BCUT2D eigenvalue weighted by Gasteiger charge is 2.63. The molecule has 2 atom stereocenters. The molecule has 0 amide bonds. The lowest BCUT2D eigenvalue weighted by Crippen LogP contribution is -2.57. The number of furan rings is 1. The Morgan fingerprint density at radius 3 is 2.35 bits per heavy atom. The molecule has 5 rings (SSSR count). The minimum Gasteiger partial charge on any atom is -0.460 e. The first-order valence-corrected chi connectivity index (χ1v) is 8.40. The van der Waals surface area contributed by atoms with E-state index >= 15 is 0 Å². The predicted molar refractivity (Wildman–Crippen MR) is 80.6 cm³/mol. The summed E-state index contributed by atoms with van der Waals surface area (Å²) in [7, 11) is 0. The average molecular weight is 337 g/mol. The molecule has 3 heteroatoms. The van der Waals surface area contributed by atoms with Gasteiger partial charge in [-0.2, -0.15) is 0 Å². The van der Waals surface area contributed by atoms with Crippen LogP contribution in [0.25, 0.3) is 0 Å². The normalized spacial score (nSPS) is 45.9. The fourth-order valence-corrected chi connectivity index (χ4v) is 6.78. The summed E-state index contributed by atoms with van der Waals surface area (Å²) < 4.78 is 6.30. The van der Waals surface area contributed by atoms with Crippen molar-refractivity contribution in [3.8, 4) is 0 Å². The monoisotopic (exact) mass is 336 g/mol. The third-order valence-electron chi connectivity index (χ3n) is 5.93. The molecule has 4 saturated carbocycles. The third kappa shape index (κ3) is 1.71. The summed E-state index contributed by atoms with van der Waals surface area (Å²) in [5, 5.41) is 0. The molecular weight excluding hydrogens is 316 g/mol. The van der Waals surface area contributed by atoms with Gasteiger partial charge in [0.1, 0.15) is 0 Å². The first kappa shape index (κ1) is 13.1. The lowest BCUT2D eigenvalue weighted by molar-refractivity contribution is -0.126. The number of hydrogen-bond donors (Lipinski definition) is 0. The summed E-state index contributed by atoms with van der Waals surface area (Å²) >= 11 is 3.46. The Bertz CT molecular complexity index is 570. The van der Waals surface area contributed by atoms with Gasteiger partial charge in [0.15, 0.2) is 5.76 Å². The van der Waals surface area contributed by atoms with Gasteiger partial charge in [0, 0.05) is 5.41 Å². The molecule has 4 aliphatic carbocycles. The Kier molecular flexibility index (Phi) is 2.49. The van der Waals surface area contributed by atoms with Crippen LogP contribution >= 0.6 is 15.9 Å². The van der Waals surface area contributed by atoms with Gasteiger partial charge in [0.2, 0.25) is 5.78 Å². The van der Waals surface area contributed by atoms with E-state index in [1.807, 2.05) is 6.07 Å². The van der Waals surface area contributed by atoms with Gasteiger partial charge < -0.3 is 4.42 Å². The Morgan fingerprint density at radius 2 is 1.85 bits per heavy atom. The van der Waals surface area contributed by atoms with Crippen molar-refractivity contribution in [1.29, 1.82) is 0 Å². The van der Waals surface area contributed by atoms with Gasteiger partial charge in [-0.3, -0.25) is 4.79 Å². The van der Waals surface area contributed by atoms with Crippen LogP contribution in [0, 0.1) is 22.2 Å². The van der Waals surface area contributed by atoms with E-state index in [1.54, 1.807) is 6.26 Å². The van der Waals surface area contributed by atoms with Crippen LogP contribution in [-0.2, 0) is 0 Å². The number of Topliss-reactive ketones (excluding diaryl/α,β-unsaturated/α-hetero) is 1. The summed E-state index contributed by atoms with van der Waals surface area (Å²) in [5.74, 6) is 1.52. The molecule has 1 aromatic rings. The van der Waals surface area contributed by atoms with E-state index in [0.29, 0.717) is 16.6 Å². The van der Waals surface area contributed by atoms with Crippen molar-refractivity contribution in [3.63, 3.8) is 0 Å². The third-order valence-corrected chi connectivity index (χ3v) is 6.56. The number of hydrogen-bond acceptors (Lipinski definition) is 2. The summed E-state index contributed by atoms with van der Waals surface area (Å²) in [6.45, 7) is 4.80. The maximum Gasteiger partial charge on any atom is 0.205 e. The van der Waals surface area contributed by atoms with Crippen LogP contribution < -0.4 is 0 Å². The topological polar surface area (TPSA) is 30.2 Å². The van der Waals surface area contributed by atoms with Crippen molar-refractivity contribution >= 4 is 21.7 Å². The molecule has 1 heterocycles. The van der Waals surface area contributed by atoms with Gasteiger partial charge in [-0.25, -0.2) is 0 Å². The van der Waals surface area contributed by atoms with E-state index < -0.39 is 0 Å². The number of carbonyl (C=O) groups excluding carboxylic acids is 1. The van der Waals surface area contributed by atoms with Crippen LogP contribution in [0.15, 0.2) is 21.2 Å². The lowest BCUT2D eigenvalue weighted by Gasteiger charge is -2.64. The molecule has 2 unspecified atom stereocenters. The second-order valence-electron chi connectivity index (χ2n) is 8.34. The van der Waals surface area contributed by atoms with E-state index in [4.69, 9.17) is 4.42 Å². The number of ketones is 1. The van der Waals surface area contributed by atoms with Crippen LogP contribution in [0.4, 0.5) is 0 Å². The van der Waals surface area contributed by atoms with Crippen molar-refractivity contribution in [2.24, 2.45) is 22.2 Å². The van der Waals surface area contributed by atoms with Crippen LogP contribution in [0.3, 0.4) is 0 Å². The minimum atomic E-state index is -0.163. The number of halogens is 1. The van der Waals surface area contributed by atoms with Crippen molar-refractivity contribution in [2.75, 3.05) is 0 Å². The standard InChI is InChI=1S/C17H21BrO2/c1-15-5-11-6-16(2,8-15)10-17(7-11,9-15)14(19)13-12(18)3-4-20-13/h3-4,11H,5-10H2,1-2H3. The highest BCUT2D eigenvalue weighted by Crippen LogP contribution is 2.70. The van der Waals surface area contributed by atoms with Crippen molar-refractivity contribution in [1.82, 2.24) is 0 Å². The zero-order valence-corrected chi connectivity index (χ0v) is 13.8. The summed E-state index contributed by atoms with van der Waals surface area (Å²) in [6.07, 6.45) is 8.72. The predicted octanol–water partition coefficient (Wildman–Crippen LogP) is 5.22. The van der Waals surface area contributed by atoms with Gasteiger partial charge in [-0.15, -0.1) is 0 Å². The highest BCUT2D eigenvalue weighted by molar-refractivity contribution is 9.10. The second-order valence-corrected chi connectivity index (χ2v) is 9.19. The molecule has 4 bridgehead atoms. The van der Waals surface area contributed by atoms with Gasteiger partial charge in [-0.05, 0) is 77.3 Å². The molecule has 4 aliphatic rings. The molecule has 0 aromatic carbocycles. The van der Waals surface area contributed by atoms with Crippen LogP contribution in [-0.4, -0.2) is 5.78 Å². The van der Waals surface area contributed by atoms with Gasteiger partial charge >= 0.3 is 0 Å². The number of carbonyl (C=O) groups is 1. The molecule has 0 aliphatic heterocycles. The molecule has 0 N–H and O–H groups in total. The first-order valence-electron chi connectivity index (χ1n) is 7.61. The summed E-state index contributed by atoms with van der Waals surface area (Å²) in [6, 6.07) is 1.83. The van der Waals surface area contributed by atoms with Gasteiger partial charge in [0.05, 0.1) is 10.7 Å². The zero-order valence-electron chi connectivity index (χ0n) is 12.2. The minimum absolute atomic E-state index is 0.163. The maximum absolute atomic E-state index is 13.1. The van der Waals surface area contributed by atoms with E-state index in [2.05, 4.69) is 29.8 Å². The quantitative estimate of drug-likeness (QED) is 0.693. The van der Waals surface area contributed by atoms with Gasteiger partial charge in [-0.1, -0.05) is 13.8 Å². The molecule has 1 aromatic heterocycles. The van der Waals surface area contributed by atoms with Crippen molar-refractivity contribution in [2.45, 2.75) is 52.4 Å². The first-order chi connectivity index (χ1) is 9.33. The number of rotatable bonds is 2. The van der Waals surface area contributed by atoms with Crippen LogP contribution in [0.5, 0.6) is 0 Å². The summed E-state index contributed by atoms with van der Waals surface area (Å²) in [5.41, 5.74) is 0.565. The second kappa shape index (κ2) is 3.79. The smallest absolute Gasteiger partial charge is 0.205 e. The maximum atomic E-state index is 13.1.